The number of rotatable bonds is 4. The summed E-state index contributed by atoms with van der Waals surface area (Å²) >= 11 is 0. The lowest BCUT2D eigenvalue weighted by atomic mass is 9.88. The smallest absolute Gasteiger partial charge is 0.223 e. The molecule has 0 aromatic heterocycles. The van der Waals surface area contributed by atoms with Crippen molar-refractivity contribution in [1.29, 1.82) is 0 Å². The van der Waals surface area contributed by atoms with Gasteiger partial charge in [0.25, 0.3) is 0 Å². The number of hydrogen-bond donors (Lipinski definition) is 2. The molecule has 0 unspecified atom stereocenters. The Morgan fingerprint density at radius 3 is 2.86 bits per heavy atom. The Kier molecular flexibility index (Phi) is 4.91. The highest BCUT2D eigenvalue weighted by Crippen LogP contribution is 2.25. The fourth-order valence-electron chi connectivity index (χ4n) is 3.70. The molecule has 1 amide bonds. The molecule has 2 N–H and O–H groups in total. The minimum Gasteiger partial charge on any atom is -0.356 e. The van der Waals surface area contributed by atoms with Crippen molar-refractivity contribution >= 4 is 5.91 Å². The van der Waals surface area contributed by atoms with Crippen LogP contribution in [0.4, 0.5) is 0 Å². The van der Waals surface area contributed by atoms with Crippen molar-refractivity contribution in [1.82, 2.24) is 10.6 Å². The molecule has 0 radical (unpaired) electrons. The van der Waals surface area contributed by atoms with E-state index >= 15 is 0 Å². The summed E-state index contributed by atoms with van der Waals surface area (Å²) in [4.78, 5) is 12.2. The number of benzene rings is 1. The molecular formula is C18H26N2O. The van der Waals surface area contributed by atoms with Crippen LogP contribution in [0.25, 0.3) is 0 Å². The van der Waals surface area contributed by atoms with E-state index in [0.29, 0.717) is 6.04 Å². The first-order chi connectivity index (χ1) is 10.3. The third-order valence-corrected chi connectivity index (χ3v) is 4.92. The van der Waals surface area contributed by atoms with Gasteiger partial charge in [0.2, 0.25) is 5.91 Å². The lowest BCUT2D eigenvalue weighted by Gasteiger charge is -2.27. The van der Waals surface area contributed by atoms with Gasteiger partial charge in [-0.1, -0.05) is 43.5 Å². The second-order valence-corrected chi connectivity index (χ2v) is 6.37. The van der Waals surface area contributed by atoms with Gasteiger partial charge in [0, 0.05) is 18.5 Å². The summed E-state index contributed by atoms with van der Waals surface area (Å²) in [5.74, 6) is 0.546. The Morgan fingerprint density at radius 2 is 2.00 bits per heavy atom. The molecule has 2 aliphatic rings. The van der Waals surface area contributed by atoms with Crippen LogP contribution in [0.3, 0.4) is 0 Å². The van der Waals surface area contributed by atoms with Gasteiger partial charge in [-0.15, -0.1) is 0 Å². The molecule has 1 aromatic rings. The zero-order chi connectivity index (χ0) is 14.5. The fourth-order valence-corrected chi connectivity index (χ4v) is 3.70. The summed E-state index contributed by atoms with van der Waals surface area (Å²) in [6, 6.07) is 9.06. The van der Waals surface area contributed by atoms with E-state index in [4.69, 9.17) is 0 Å². The van der Waals surface area contributed by atoms with Gasteiger partial charge in [0.15, 0.2) is 0 Å². The Balaban J connectivity index is 1.48. The molecular weight excluding hydrogens is 260 g/mol. The van der Waals surface area contributed by atoms with Crippen LogP contribution in [0, 0.1) is 5.92 Å². The predicted octanol–water partition coefficient (Wildman–Crippen LogP) is 2.96. The SMILES string of the molecule is O=C(NCC[C@H]1NCCc2ccccc21)C1CCCCC1. The molecule has 1 aromatic carbocycles. The lowest BCUT2D eigenvalue weighted by Crippen LogP contribution is -2.36. The Bertz CT molecular complexity index is 480. The van der Waals surface area contributed by atoms with Crippen LogP contribution < -0.4 is 10.6 Å². The molecule has 3 heteroatoms. The van der Waals surface area contributed by atoms with E-state index in [-0.39, 0.29) is 11.8 Å². The van der Waals surface area contributed by atoms with Gasteiger partial charge < -0.3 is 10.6 Å². The molecule has 0 bridgehead atoms. The van der Waals surface area contributed by atoms with Crippen molar-refractivity contribution < 1.29 is 4.79 Å². The monoisotopic (exact) mass is 286 g/mol. The lowest BCUT2D eigenvalue weighted by molar-refractivity contribution is -0.125. The van der Waals surface area contributed by atoms with E-state index in [0.717, 1.165) is 38.8 Å². The number of nitrogens with one attached hydrogen (secondary N) is 2. The average molecular weight is 286 g/mol. The van der Waals surface area contributed by atoms with Crippen molar-refractivity contribution in [3.05, 3.63) is 35.4 Å². The zero-order valence-corrected chi connectivity index (χ0v) is 12.7. The van der Waals surface area contributed by atoms with Gasteiger partial charge in [-0.3, -0.25) is 4.79 Å². The van der Waals surface area contributed by atoms with Gasteiger partial charge in [0.05, 0.1) is 0 Å². The van der Waals surface area contributed by atoms with E-state index in [1.807, 2.05) is 0 Å². The van der Waals surface area contributed by atoms with Crippen LogP contribution in [-0.4, -0.2) is 19.0 Å². The first kappa shape index (κ1) is 14.6. The first-order valence-electron chi connectivity index (χ1n) is 8.43. The average Bonchev–Trinajstić information content (AvgIpc) is 2.56. The van der Waals surface area contributed by atoms with Crippen molar-refractivity contribution in [2.75, 3.05) is 13.1 Å². The number of amides is 1. The minimum absolute atomic E-state index is 0.269. The van der Waals surface area contributed by atoms with E-state index < -0.39 is 0 Å². The minimum atomic E-state index is 0.269. The van der Waals surface area contributed by atoms with Crippen LogP contribution in [0.5, 0.6) is 0 Å². The Hall–Kier alpha value is -1.35. The number of carbonyl (C=O) groups is 1. The van der Waals surface area contributed by atoms with Crippen LogP contribution in [0.15, 0.2) is 24.3 Å². The van der Waals surface area contributed by atoms with Gasteiger partial charge >= 0.3 is 0 Å². The number of carbonyl (C=O) groups excluding carboxylic acids is 1. The summed E-state index contributed by atoms with van der Waals surface area (Å²) in [5.41, 5.74) is 2.87. The standard InChI is InChI=1S/C18H26N2O/c21-18(15-7-2-1-3-8-15)20-13-11-17-16-9-5-4-6-14(16)10-12-19-17/h4-6,9,15,17,19H,1-3,7-8,10-13H2,(H,20,21)/t17-/m1/s1. The van der Waals surface area contributed by atoms with Gasteiger partial charge in [-0.2, -0.15) is 0 Å². The second-order valence-electron chi connectivity index (χ2n) is 6.37. The topological polar surface area (TPSA) is 41.1 Å². The Morgan fingerprint density at radius 1 is 1.19 bits per heavy atom. The molecule has 3 rings (SSSR count). The van der Waals surface area contributed by atoms with Crippen LogP contribution in [0.2, 0.25) is 0 Å². The van der Waals surface area contributed by atoms with Crippen LogP contribution in [-0.2, 0) is 11.2 Å². The summed E-state index contributed by atoms with van der Waals surface area (Å²) in [6.45, 7) is 1.82. The molecule has 0 saturated heterocycles. The highest BCUT2D eigenvalue weighted by atomic mass is 16.1. The summed E-state index contributed by atoms with van der Waals surface area (Å²) < 4.78 is 0. The van der Waals surface area contributed by atoms with Crippen molar-refractivity contribution in [2.45, 2.75) is 51.0 Å². The molecule has 1 atom stereocenters. The highest BCUT2D eigenvalue weighted by Gasteiger charge is 2.22. The summed E-state index contributed by atoms with van der Waals surface area (Å²) in [6.07, 6.45) is 7.99. The molecule has 114 valence electrons. The molecule has 21 heavy (non-hydrogen) atoms. The Labute approximate surface area is 127 Å². The molecule has 1 aliphatic carbocycles. The van der Waals surface area contributed by atoms with E-state index in [1.54, 1.807) is 0 Å². The van der Waals surface area contributed by atoms with Gasteiger partial charge in [-0.05, 0) is 43.4 Å². The van der Waals surface area contributed by atoms with Crippen molar-refractivity contribution in [3.63, 3.8) is 0 Å². The normalized spacial score (nSPS) is 22.6. The molecule has 1 aliphatic heterocycles. The fraction of sp³-hybridized carbons (Fsp3) is 0.611. The molecule has 3 nitrogen and oxygen atoms in total. The molecule has 1 saturated carbocycles. The van der Waals surface area contributed by atoms with Crippen LogP contribution >= 0.6 is 0 Å². The molecule has 1 heterocycles. The maximum atomic E-state index is 12.2. The summed E-state index contributed by atoms with van der Waals surface area (Å²) in [7, 11) is 0. The van der Waals surface area contributed by atoms with Crippen molar-refractivity contribution in [2.24, 2.45) is 5.92 Å². The van der Waals surface area contributed by atoms with E-state index in [9.17, 15) is 4.79 Å². The van der Waals surface area contributed by atoms with E-state index in [1.165, 1.54) is 30.4 Å². The van der Waals surface area contributed by atoms with E-state index in [2.05, 4.69) is 34.9 Å². The van der Waals surface area contributed by atoms with Gasteiger partial charge in [-0.25, -0.2) is 0 Å². The maximum absolute atomic E-state index is 12.2. The molecule has 0 spiro atoms. The molecule has 1 fully saturated rings. The summed E-state index contributed by atoms with van der Waals surface area (Å²) in [5, 5.41) is 6.73. The zero-order valence-electron chi connectivity index (χ0n) is 12.7. The van der Waals surface area contributed by atoms with Crippen LogP contribution in [0.1, 0.15) is 55.7 Å². The number of hydrogen-bond acceptors (Lipinski definition) is 2. The highest BCUT2D eigenvalue weighted by molar-refractivity contribution is 5.78. The third kappa shape index (κ3) is 3.65. The quantitative estimate of drug-likeness (QED) is 0.893. The second kappa shape index (κ2) is 7.08. The van der Waals surface area contributed by atoms with Gasteiger partial charge in [0.1, 0.15) is 0 Å². The third-order valence-electron chi connectivity index (χ3n) is 4.92. The largest absolute Gasteiger partial charge is 0.356 e. The van der Waals surface area contributed by atoms with Crippen molar-refractivity contribution in [3.8, 4) is 0 Å². The number of fused-ring (bicyclic) bond motifs is 1. The predicted molar refractivity (Wildman–Crippen MR) is 85.1 cm³/mol. The first-order valence-corrected chi connectivity index (χ1v) is 8.43. The maximum Gasteiger partial charge on any atom is 0.223 e.